The zero-order valence-corrected chi connectivity index (χ0v) is 14.8. The number of hydrogen-bond donors (Lipinski definition) is 8. The highest BCUT2D eigenvalue weighted by molar-refractivity contribution is 7.80. The molecule has 0 aliphatic heterocycles. The molecule has 12 heteroatoms. The van der Waals surface area contributed by atoms with Crippen LogP contribution >= 0.6 is 25.3 Å². The Hall–Kier alpha value is -1.66. The van der Waals surface area contributed by atoms with Crippen LogP contribution in [0.25, 0.3) is 0 Å². The number of guanidine groups is 1. The Morgan fingerprint density at radius 3 is 2.08 bits per heavy atom. The number of thiol groups is 2. The predicted molar refractivity (Wildman–Crippen MR) is 97.1 cm³/mol. The third-order valence-electron chi connectivity index (χ3n) is 2.91. The van der Waals surface area contributed by atoms with E-state index in [1.54, 1.807) is 0 Å². The largest absolute Gasteiger partial charge is 0.480 e. The molecule has 0 bridgehead atoms. The monoisotopic (exact) mass is 380 g/mol. The van der Waals surface area contributed by atoms with Crippen molar-refractivity contribution in [2.45, 2.75) is 31.0 Å². The Labute approximate surface area is 150 Å². The van der Waals surface area contributed by atoms with Crippen LogP contribution in [0.4, 0.5) is 0 Å². The lowest BCUT2D eigenvalue weighted by Crippen LogP contribution is -2.55. The van der Waals surface area contributed by atoms with Crippen LogP contribution in [0, 0.1) is 0 Å². The summed E-state index contributed by atoms with van der Waals surface area (Å²) in [5, 5.41) is 13.7. The fraction of sp³-hybridized carbons (Fsp3) is 0.667. The van der Waals surface area contributed by atoms with Gasteiger partial charge < -0.3 is 32.9 Å². The van der Waals surface area contributed by atoms with Crippen LogP contribution in [0.2, 0.25) is 0 Å². The normalized spacial score (nSPS) is 14.1. The first-order chi connectivity index (χ1) is 11.2. The van der Waals surface area contributed by atoms with Gasteiger partial charge in [0, 0.05) is 18.1 Å². The summed E-state index contributed by atoms with van der Waals surface area (Å²) >= 11 is 7.78. The summed E-state index contributed by atoms with van der Waals surface area (Å²) in [5.41, 5.74) is 16.0. The van der Waals surface area contributed by atoms with Crippen molar-refractivity contribution in [1.29, 1.82) is 0 Å². The first-order valence-corrected chi connectivity index (χ1v) is 8.35. The van der Waals surface area contributed by atoms with Gasteiger partial charge in [0.25, 0.3) is 0 Å². The van der Waals surface area contributed by atoms with Crippen molar-refractivity contribution < 1.29 is 19.5 Å². The highest BCUT2D eigenvalue weighted by atomic mass is 32.1. The number of hydrogen-bond acceptors (Lipinski definition) is 7. The molecule has 0 aromatic heterocycles. The minimum absolute atomic E-state index is 0.0850. The third kappa shape index (κ3) is 8.84. The molecule has 0 heterocycles. The number of carboxylic acid groups (broad SMARTS) is 1. The van der Waals surface area contributed by atoms with E-state index in [-0.39, 0.29) is 30.4 Å². The summed E-state index contributed by atoms with van der Waals surface area (Å²) in [4.78, 5) is 38.8. The van der Waals surface area contributed by atoms with Gasteiger partial charge in [0.05, 0.1) is 6.04 Å². The Kier molecular flexibility index (Phi) is 11.0. The SMILES string of the molecule is NC(N)=NCCC[C@H](NC(=O)[C@@H](N)CS)C(=O)N[C@@H](CS)C(=O)O. The molecular formula is C12H24N6O4S2. The lowest BCUT2D eigenvalue weighted by atomic mass is 10.1. The fourth-order valence-electron chi connectivity index (χ4n) is 1.59. The molecule has 0 rings (SSSR count). The minimum atomic E-state index is -1.23. The average molecular weight is 380 g/mol. The number of carbonyl (C=O) groups excluding carboxylic acids is 2. The minimum Gasteiger partial charge on any atom is -0.480 e. The van der Waals surface area contributed by atoms with E-state index >= 15 is 0 Å². The molecule has 0 saturated heterocycles. The predicted octanol–water partition coefficient (Wildman–Crippen LogP) is -2.72. The third-order valence-corrected chi connectivity index (χ3v) is 3.67. The number of rotatable bonds is 11. The average Bonchev–Trinajstić information content (AvgIpc) is 2.53. The van der Waals surface area contributed by atoms with E-state index in [2.05, 4.69) is 40.9 Å². The Morgan fingerprint density at radius 1 is 1.04 bits per heavy atom. The van der Waals surface area contributed by atoms with Gasteiger partial charge in [-0.2, -0.15) is 25.3 Å². The highest BCUT2D eigenvalue weighted by Gasteiger charge is 2.26. The van der Waals surface area contributed by atoms with Crippen molar-refractivity contribution in [3.05, 3.63) is 0 Å². The molecular weight excluding hydrogens is 356 g/mol. The number of nitrogens with one attached hydrogen (secondary N) is 2. The van der Waals surface area contributed by atoms with Crippen LogP contribution in [-0.2, 0) is 14.4 Å². The first-order valence-electron chi connectivity index (χ1n) is 7.09. The number of aliphatic imine (C=N–C) groups is 1. The second-order valence-electron chi connectivity index (χ2n) is 4.88. The fourth-order valence-corrected chi connectivity index (χ4v) is 2.01. The lowest BCUT2D eigenvalue weighted by Gasteiger charge is -2.21. The standard InChI is InChI=1S/C12H24N6O4S2/c13-6(4-23)9(19)17-7(2-1-3-16-12(14)15)10(20)18-8(5-24)11(21)22/h6-8,23-24H,1-5,13H2,(H,17,19)(H,18,20)(H,21,22)(H4,14,15,16)/t6-,7-,8-/m0/s1. The van der Waals surface area contributed by atoms with Gasteiger partial charge in [0.2, 0.25) is 11.8 Å². The van der Waals surface area contributed by atoms with E-state index in [0.29, 0.717) is 6.42 Å². The Morgan fingerprint density at radius 2 is 1.62 bits per heavy atom. The molecule has 0 saturated carbocycles. The molecule has 0 fully saturated rings. The smallest absolute Gasteiger partial charge is 0.327 e. The van der Waals surface area contributed by atoms with Crippen LogP contribution in [0.1, 0.15) is 12.8 Å². The molecule has 0 unspecified atom stereocenters. The zero-order valence-electron chi connectivity index (χ0n) is 13.0. The molecule has 0 aromatic carbocycles. The van der Waals surface area contributed by atoms with Gasteiger partial charge in [-0.05, 0) is 12.8 Å². The van der Waals surface area contributed by atoms with E-state index in [4.69, 9.17) is 22.3 Å². The Bertz CT molecular complexity index is 472. The van der Waals surface area contributed by atoms with E-state index in [9.17, 15) is 14.4 Å². The summed E-state index contributed by atoms with van der Waals surface area (Å²) in [7, 11) is 0. The molecule has 3 atom stereocenters. The molecule has 0 aromatic rings. The molecule has 0 aliphatic carbocycles. The molecule has 24 heavy (non-hydrogen) atoms. The molecule has 2 amide bonds. The van der Waals surface area contributed by atoms with Crippen LogP contribution < -0.4 is 27.8 Å². The van der Waals surface area contributed by atoms with Gasteiger partial charge in [0.15, 0.2) is 5.96 Å². The lowest BCUT2D eigenvalue weighted by molar-refractivity contribution is -0.141. The molecule has 10 nitrogen and oxygen atoms in total. The van der Waals surface area contributed by atoms with Crippen LogP contribution in [-0.4, -0.2) is 65.0 Å². The van der Waals surface area contributed by atoms with E-state index in [1.165, 1.54) is 0 Å². The van der Waals surface area contributed by atoms with Gasteiger partial charge in [-0.25, -0.2) is 4.79 Å². The van der Waals surface area contributed by atoms with Gasteiger partial charge in [0.1, 0.15) is 12.1 Å². The number of carbonyl (C=O) groups is 3. The number of nitrogens with zero attached hydrogens (tertiary/aromatic N) is 1. The summed E-state index contributed by atoms with van der Waals surface area (Å²) in [6, 6.07) is -3.03. The quantitative estimate of drug-likeness (QED) is 0.0827. The summed E-state index contributed by atoms with van der Waals surface area (Å²) in [6.07, 6.45) is 0.595. The summed E-state index contributed by atoms with van der Waals surface area (Å²) in [6.45, 7) is 0.259. The van der Waals surface area contributed by atoms with Crippen molar-refractivity contribution in [2.75, 3.05) is 18.1 Å². The van der Waals surface area contributed by atoms with Gasteiger partial charge in [-0.3, -0.25) is 14.6 Å². The number of carboxylic acids is 1. The van der Waals surface area contributed by atoms with Crippen LogP contribution in [0.15, 0.2) is 4.99 Å². The second kappa shape index (κ2) is 11.8. The van der Waals surface area contributed by atoms with Crippen LogP contribution in [0.5, 0.6) is 0 Å². The number of aliphatic carboxylic acids is 1. The second-order valence-corrected chi connectivity index (χ2v) is 5.61. The maximum atomic E-state index is 12.2. The summed E-state index contributed by atoms with van der Waals surface area (Å²) in [5.74, 6) is -2.52. The van der Waals surface area contributed by atoms with Gasteiger partial charge in [-0.1, -0.05) is 0 Å². The molecule has 9 N–H and O–H groups in total. The van der Waals surface area contributed by atoms with Crippen molar-refractivity contribution in [3.8, 4) is 0 Å². The van der Waals surface area contributed by atoms with E-state index in [1.807, 2.05) is 0 Å². The molecule has 138 valence electrons. The van der Waals surface area contributed by atoms with Gasteiger partial charge >= 0.3 is 5.97 Å². The topological polar surface area (TPSA) is 186 Å². The maximum absolute atomic E-state index is 12.2. The van der Waals surface area contributed by atoms with Crippen molar-refractivity contribution in [3.63, 3.8) is 0 Å². The van der Waals surface area contributed by atoms with Crippen molar-refractivity contribution >= 4 is 49.0 Å². The molecule has 0 aliphatic rings. The number of amides is 2. The Balaban J connectivity index is 4.88. The van der Waals surface area contributed by atoms with Gasteiger partial charge in [-0.15, -0.1) is 0 Å². The van der Waals surface area contributed by atoms with E-state index < -0.39 is 35.9 Å². The number of nitrogens with two attached hydrogens (primary N) is 3. The summed E-state index contributed by atoms with van der Waals surface area (Å²) < 4.78 is 0. The zero-order chi connectivity index (χ0) is 18.7. The van der Waals surface area contributed by atoms with Crippen molar-refractivity contribution in [2.24, 2.45) is 22.2 Å². The van der Waals surface area contributed by atoms with E-state index in [0.717, 1.165) is 0 Å². The first kappa shape index (κ1) is 22.3. The van der Waals surface area contributed by atoms with Crippen molar-refractivity contribution in [1.82, 2.24) is 10.6 Å². The maximum Gasteiger partial charge on any atom is 0.327 e. The molecule has 0 spiro atoms. The highest BCUT2D eigenvalue weighted by Crippen LogP contribution is 2.01. The van der Waals surface area contributed by atoms with Crippen LogP contribution in [0.3, 0.4) is 0 Å². The molecule has 0 radical (unpaired) electrons.